The number of rotatable bonds is 5. The zero-order valence-corrected chi connectivity index (χ0v) is 8.54. The van der Waals surface area contributed by atoms with Gasteiger partial charge in [-0.2, -0.15) is 0 Å². The molecule has 0 spiro atoms. The number of nitrogen functional groups attached to an aromatic ring is 1. The van der Waals surface area contributed by atoms with Crippen molar-refractivity contribution in [2.45, 2.75) is 0 Å². The first-order chi connectivity index (χ1) is 6.77. The van der Waals surface area contributed by atoms with Gasteiger partial charge in [0.15, 0.2) is 11.5 Å². The Bertz CT molecular complexity index is 289. The molecule has 0 bridgehead atoms. The van der Waals surface area contributed by atoms with Gasteiger partial charge in [-0.1, -0.05) is 0 Å². The molecule has 0 fully saturated rings. The lowest BCUT2D eigenvalue weighted by Gasteiger charge is -2.10. The lowest BCUT2D eigenvalue weighted by Crippen LogP contribution is -2.16. The standard InChI is InChI=1S/C10H16N2O2/c1-12-5-6-14-9-4-3-8(11)7-10(9)13-2/h3-4,7,12H,5-6,11H2,1-2H3. The summed E-state index contributed by atoms with van der Waals surface area (Å²) in [5.41, 5.74) is 6.28. The molecule has 0 heterocycles. The van der Waals surface area contributed by atoms with Gasteiger partial charge in [-0.25, -0.2) is 0 Å². The summed E-state index contributed by atoms with van der Waals surface area (Å²) in [6.07, 6.45) is 0. The van der Waals surface area contributed by atoms with E-state index in [1.54, 1.807) is 19.2 Å². The molecule has 0 amide bonds. The molecule has 1 aromatic rings. The molecule has 0 aromatic heterocycles. The maximum absolute atomic E-state index is 5.61. The average molecular weight is 196 g/mol. The Balaban J connectivity index is 2.65. The molecule has 0 unspecified atom stereocenters. The number of anilines is 1. The van der Waals surface area contributed by atoms with Gasteiger partial charge in [0.2, 0.25) is 0 Å². The van der Waals surface area contributed by atoms with Gasteiger partial charge in [0.1, 0.15) is 6.61 Å². The van der Waals surface area contributed by atoms with Crippen molar-refractivity contribution in [1.29, 1.82) is 0 Å². The molecule has 14 heavy (non-hydrogen) atoms. The predicted octanol–water partition coefficient (Wildman–Crippen LogP) is 0.876. The van der Waals surface area contributed by atoms with Gasteiger partial charge < -0.3 is 20.5 Å². The summed E-state index contributed by atoms with van der Waals surface area (Å²) in [4.78, 5) is 0. The Morgan fingerprint density at radius 2 is 2.14 bits per heavy atom. The van der Waals surface area contributed by atoms with Crippen LogP contribution in [0.2, 0.25) is 0 Å². The molecule has 0 aliphatic carbocycles. The van der Waals surface area contributed by atoms with Crippen LogP contribution in [0.3, 0.4) is 0 Å². The summed E-state index contributed by atoms with van der Waals surface area (Å²) in [5.74, 6) is 1.39. The highest BCUT2D eigenvalue weighted by molar-refractivity contribution is 5.51. The van der Waals surface area contributed by atoms with Crippen LogP contribution in [0.4, 0.5) is 5.69 Å². The maximum atomic E-state index is 5.61. The fraction of sp³-hybridized carbons (Fsp3) is 0.400. The smallest absolute Gasteiger partial charge is 0.162 e. The van der Waals surface area contributed by atoms with Gasteiger partial charge in [0.05, 0.1) is 7.11 Å². The normalized spacial score (nSPS) is 9.86. The van der Waals surface area contributed by atoms with Crippen molar-refractivity contribution in [3.05, 3.63) is 18.2 Å². The summed E-state index contributed by atoms with van der Waals surface area (Å²) >= 11 is 0. The van der Waals surface area contributed by atoms with E-state index in [1.165, 1.54) is 0 Å². The molecule has 3 N–H and O–H groups in total. The SMILES string of the molecule is CNCCOc1ccc(N)cc1OC. The van der Waals surface area contributed by atoms with Gasteiger partial charge >= 0.3 is 0 Å². The van der Waals surface area contributed by atoms with Gasteiger partial charge in [-0.15, -0.1) is 0 Å². The van der Waals surface area contributed by atoms with Gasteiger partial charge in [0, 0.05) is 18.3 Å². The number of ether oxygens (including phenoxy) is 2. The molecule has 0 aliphatic rings. The third-order valence-electron chi connectivity index (χ3n) is 1.80. The highest BCUT2D eigenvalue weighted by Crippen LogP contribution is 2.28. The highest BCUT2D eigenvalue weighted by Gasteiger charge is 2.03. The van der Waals surface area contributed by atoms with Crippen molar-refractivity contribution in [1.82, 2.24) is 5.32 Å². The number of nitrogens with two attached hydrogens (primary N) is 1. The molecule has 78 valence electrons. The second-order valence-corrected chi connectivity index (χ2v) is 2.86. The molecule has 0 saturated carbocycles. The average Bonchev–Trinajstić information content (AvgIpc) is 2.20. The van der Waals surface area contributed by atoms with Gasteiger partial charge in [-0.3, -0.25) is 0 Å². The zero-order chi connectivity index (χ0) is 10.4. The molecule has 0 saturated heterocycles. The van der Waals surface area contributed by atoms with Crippen LogP contribution in [-0.4, -0.2) is 27.3 Å². The van der Waals surface area contributed by atoms with Crippen LogP contribution in [-0.2, 0) is 0 Å². The van der Waals surface area contributed by atoms with Crippen molar-refractivity contribution >= 4 is 5.69 Å². The Morgan fingerprint density at radius 1 is 1.36 bits per heavy atom. The molecule has 1 aromatic carbocycles. The van der Waals surface area contributed by atoms with Crippen molar-refractivity contribution < 1.29 is 9.47 Å². The molecule has 1 rings (SSSR count). The summed E-state index contributed by atoms with van der Waals surface area (Å²) < 4.78 is 10.6. The van der Waals surface area contributed by atoms with E-state index in [9.17, 15) is 0 Å². The Hall–Kier alpha value is -1.42. The first kappa shape index (κ1) is 10.7. The fourth-order valence-corrected chi connectivity index (χ4v) is 1.07. The minimum atomic E-state index is 0.608. The van der Waals surface area contributed by atoms with E-state index in [4.69, 9.17) is 15.2 Å². The van der Waals surface area contributed by atoms with Crippen LogP contribution in [0, 0.1) is 0 Å². The van der Waals surface area contributed by atoms with Crippen molar-refractivity contribution in [2.24, 2.45) is 0 Å². The fourth-order valence-electron chi connectivity index (χ4n) is 1.07. The predicted molar refractivity (Wildman–Crippen MR) is 56.8 cm³/mol. The van der Waals surface area contributed by atoms with E-state index in [-0.39, 0.29) is 0 Å². The Kier molecular flexibility index (Phi) is 4.07. The van der Waals surface area contributed by atoms with Crippen LogP contribution < -0.4 is 20.5 Å². The molecular weight excluding hydrogens is 180 g/mol. The Morgan fingerprint density at radius 3 is 2.79 bits per heavy atom. The first-order valence-electron chi connectivity index (χ1n) is 4.49. The quantitative estimate of drug-likeness (QED) is 0.542. The maximum Gasteiger partial charge on any atom is 0.162 e. The van der Waals surface area contributed by atoms with Crippen LogP contribution in [0.25, 0.3) is 0 Å². The Labute approximate surface area is 84.0 Å². The lowest BCUT2D eigenvalue weighted by molar-refractivity contribution is 0.295. The number of methoxy groups -OCH3 is 1. The number of nitrogens with one attached hydrogen (secondary N) is 1. The molecule has 0 aliphatic heterocycles. The first-order valence-corrected chi connectivity index (χ1v) is 4.49. The number of likely N-dealkylation sites (N-methyl/N-ethyl adjacent to an activating group) is 1. The molecule has 4 nitrogen and oxygen atoms in total. The van der Waals surface area contributed by atoms with Crippen LogP contribution in [0.5, 0.6) is 11.5 Å². The summed E-state index contributed by atoms with van der Waals surface area (Å²) in [5, 5.41) is 3.00. The topological polar surface area (TPSA) is 56.5 Å². The number of hydrogen-bond acceptors (Lipinski definition) is 4. The zero-order valence-electron chi connectivity index (χ0n) is 8.54. The second-order valence-electron chi connectivity index (χ2n) is 2.86. The van der Waals surface area contributed by atoms with E-state index in [0.29, 0.717) is 18.0 Å². The monoisotopic (exact) mass is 196 g/mol. The van der Waals surface area contributed by atoms with Gasteiger partial charge in [0.25, 0.3) is 0 Å². The van der Waals surface area contributed by atoms with E-state index in [1.807, 2.05) is 13.1 Å². The summed E-state index contributed by atoms with van der Waals surface area (Å²) in [7, 11) is 3.48. The van der Waals surface area contributed by atoms with Crippen molar-refractivity contribution in [3.8, 4) is 11.5 Å². The van der Waals surface area contributed by atoms with E-state index >= 15 is 0 Å². The number of hydrogen-bond donors (Lipinski definition) is 2. The largest absolute Gasteiger partial charge is 0.493 e. The second kappa shape index (κ2) is 5.34. The van der Waals surface area contributed by atoms with E-state index in [0.717, 1.165) is 12.3 Å². The van der Waals surface area contributed by atoms with E-state index in [2.05, 4.69) is 5.32 Å². The number of benzene rings is 1. The highest BCUT2D eigenvalue weighted by atomic mass is 16.5. The third kappa shape index (κ3) is 2.81. The molecule has 0 radical (unpaired) electrons. The summed E-state index contributed by atoms with van der Waals surface area (Å²) in [6.45, 7) is 1.41. The molecule has 4 heteroatoms. The van der Waals surface area contributed by atoms with E-state index < -0.39 is 0 Å². The van der Waals surface area contributed by atoms with Gasteiger partial charge in [-0.05, 0) is 19.2 Å². The van der Waals surface area contributed by atoms with Crippen molar-refractivity contribution in [2.75, 3.05) is 33.0 Å². The minimum absolute atomic E-state index is 0.608. The molecular formula is C10H16N2O2. The third-order valence-corrected chi connectivity index (χ3v) is 1.80. The molecule has 0 atom stereocenters. The minimum Gasteiger partial charge on any atom is -0.493 e. The van der Waals surface area contributed by atoms with Crippen molar-refractivity contribution in [3.63, 3.8) is 0 Å². The van der Waals surface area contributed by atoms with Crippen LogP contribution in [0.1, 0.15) is 0 Å². The van der Waals surface area contributed by atoms with Crippen LogP contribution >= 0.6 is 0 Å². The van der Waals surface area contributed by atoms with Crippen LogP contribution in [0.15, 0.2) is 18.2 Å². The lowest BCUT2D eigenvalue weighted by atomic mass is 10.3. The summed E-state index contributed by atoms with van der Waals surface area (Å²) in [6, 6.07) is 5.34.